The van der Waals surface area contributed by atoms with Crippen molar-refractivity contribution in [3.05, 3.63) is 18.0 Å². The summed E-state index contributed by atoms with van der Waals surface area (Å²) in [5, 5.41) is 13.6. The van der Waals surface area contributed by atoms with Gasteiger partial charge in [-0.25, -0.2) is 0 Å². The average molecular weight is 279 g/mol. The van der Waals surface area contributed by atoms with Crippen molar-refractivity contribution in [1.82, 2.24) is 14.7 Å². The molecular formula is C14H21N3O3. The molecule has 0 spiro atoms. The summed E-state index contributed by atoms with van der Waals surface area (Å²) in [6.45, 7) is 5.79. The summed E-state index contributed by atoms with van der Waals surface area (Å²) < 4.78 is 1.65. The Bertz CT molecular complexity index is 530. The summed E-state index contributed by atoms with van der Waals surface area (Å²) in [6.07, 6.45) is 2.29. The van der Waals surface area contributed by atoms with Gasteiger partial charge in [0.05, 0.1) is 17.7 Å². The third kappa shape index (κ3) is 2.42. The van der Waals surface area contributed by atoms with Crippen LogP contribution in [0, 0.1) is 5.92 Å². The number of piperidine rings is 1. The molecule has 0 aliphatic carbocycles. The topological polar surface area (TPSA) is 75.4 Å². The van der Waals surface area contributed by atoms with E-state index in [1.54, 1.807) is 28.9 Å². The Balaban J connectivity index is 2.53. The van der Waals surface area contributed by atoms with Crippen LogP contribution in [0.15, 0.2) is 12.3 Å². The molecular weight excluding hydrogens is 258 g/mol. The van der Waals surface area contributed by atoms with Crippen molar-refractivity contribution in [3.63, 3.8) is 0 Å². The molecule has 2 unspecified atom stereocenters. The minimum atomic E-state index is -0.863. The smallest absolute Gasteiger partial charge is 0.309 e. The minimum Gasteiger partial charge on any atom is -0.481 e. The maximum absolute atomic E-state index is 12.3. The lowest BCUT2D eigenvalue weighted by molar-refractivity contribution is -0.157. The van der Waals surface area contributed by atoms with Crippen molar-refractivity contribution in [1.29, 1.82) is 0 Å². The Morgan fingerprint density at radius 3 is 2.55 bits per heavy atom. The summed E-state index contributed by atoms with van der Waals surface area (Å²) in [5.74, 6) is -1.46. The molecule has 1 amide bonds. The van der Waals surface area contributed by atoms with Crippen LogP contribution < -0.4 is 0 Å². The first kappa shape index (κ1) is 14.6. The molecule has 0 bridgehead atoms. The van der Waals surface area contributed by atoms with Crippen LogP contribution in [0.5, 0.6) is 0 Å². The zero-order valence-corrected chi connectivity index (χ0v) is 12.3. The molecule has 2 atom stereocenters. The van der Waals surface area contributed by atoms with Crippen LogP contribution in [0.25, 0.3) is 0 Å². The van der Waals surface area contributed by atoms with E-state index in [-0.39, 0.29) is 12.3 Å². The third-order valence-electron chi connectivity index (χ3n) is 3.80. The number of carboxylic acid groups (broad SMARTS) is 1. The summed E-state index contributed by atoms with van der Waals surface area (Å²) in [5.41, 5.74) is 0.334. The van der Waals surface area contributed by atoms with Crippen LogP contribution in [-0.2, 0) is 16.6 Å². The van der Waals surface area contributed by atoms with Crippen LogP contribution in [0.2, 0.25) is 0 Å². The first-order valence-corrected chi connectivity index (χ1v) is 6.76. The Morgan fingerprint density at radius 1 is 1.45 bits per heavy atom. The number of amides is 1. The fourth-order valence-electron chi connectivity index (χ4n) is 2.95. The average Bonchev–Trinajstić information content (AvgIpc) is 2.72. The van der Waals surface area contributed by atoms with E-state index < -0.39 is 23.5 Å². The largest absolute Gasteiger partial charge is 0.481 e. The fourth-order valence-corrected chi connectivity index (χ4v) is 2.95. The molecule has 2 rings (SSSR count). The third-order valence-corrected chi connectivity index (χ3v) is 3.80. The van der Waals surface area contributed by atoms with Gasteiger partial charge in [0.2, 0.25) is 5.91 Å². The Labute approximate surface area is 118 Å². The number of carboxylic acids is 1. The quantitative estimate of drug-likeness (QED) is 0.892. The second kappa shape index (κ2) is 4.92. The van der Waals surface area contributed by atoms with E-state index in [1.807, 2.05) is 20.8 Å². The molecule has 1 aliphatic heterocycles. The van der Waals surface area contributed by atoms with Gasteiger partial charge in [-0.2, -0.15) is 5.10 Å². The van der Waals surface area contributed by atoms with Crippen LogP contribution >= 0.6 is 0 Å². The Morgan fingerprint density at radius 2 is 2.10 bits per heavy atom. The van der Waals surface area contributed by atoms with E-state index in [0.717, 1.165) is 5.69 Å². The zero-order valence-electron chi connectivity index (χ0n) is 12.3. The molecule has 2 heterocycles. The number of aliphatic carboxylic acids is 1. The molecule has 1 aliphatic rings. The van der Waals surface area contributed by atoms with Crippen molar-refractivity contribution < 1.29 is 14.7 Å². The van der Waals surface area contributed by atoms with Crippen LogP contribution in [-0.4, -0.2) is 37.2 Å². The molecule has 0 saturated carbocycles. The molecule has 0 radical (unpaired) electrons. The zero-order chi connectivity index (χ0) is 15.1. The monoisotopic (exact) mass is 279 g/mol. The number of hydrogen-bond acceptors (Lipinski definition) is 3. The summed E-state index contributed by atoms with van der Waals surface area (Å²) in [6, 6.07) is 1.32. The van der Waals surface area contributed by atoms with E-state index in [4.69, 9.17) is 0 Å². The van der Waals surface area contributed by atoms with Gasteiger partial charge in [0, 0.05) is 25.2 Å². The van der Waals surface area contributed by atoms with Gasteiger partial charge in [-0.1, -0.05) is 0 Å². The predicted octanol–water partition coefficient (Wildman–Crippen LogP) is 1.58. The number of rotatable bonds is 2. The number of nitrogens with zero attached hydrogens (tertiary/aromatic N) is 3. The van der Waals surface area contributed by atoms with Gasteiger partial charge in [-0.05, 0) is 33.3 Å². The molecule has 110 valence electrons. The molecule has 6 nitrogen and oxygen atoms in total. The van der Waals surface area contributed by atoms with Crippen LogP contribution in [0.3, 0.4) is 0 Å². The van der Waals surface area contributed by atoms with E-state index >= 15 is 0 Å². The molecule has 1 saturated heterocycles. The van der Waals surface area contributed by atoms with E-state index in [1.165, 1.54) is 0 Å². The maximum Gasteiger partial charge on any atom is 0.309 e. The molecule has 0 aromatic carbocycles. The van der Waals surface area contributed by atoms with Crippen LogP contribution in [0.4, 0.5) is 0 Å². The molecule has 1 aromatic heterocycles. The van der Waals surface area contributed by atoms with Crippen molar-refractivity contribution in [2.45, 2.75) is 45.2 Å². The standard InChI is InChI=1S/C14H21N3O3/c1-14(2,3)17-11(18)6-5-9(13(19)20)12(17)10-7-8-15-16(10)4/h7-9,12H,5-6H2,1-4H3,(H,19,20). The van der Waals surface area contributed by atoms with Gasteiger partial charge in [-0.15, -0.1) is 0 Å². The maximum atomic E-state index is 12.3. The second-order valence-electron chi connectivity index (χ2n) is 6.24. The molecule has 1 aromatic rings. The minimum absolute atomic E-state index is 0.00111. The number of aryl methyl sites for hydroxylation is 1. The summed E-state index contributed by atoms with van der Waals surface area (Å²) in [4.78, 5) is 25.6. The number of carbonyl (C=O) groups is 2. The van der Waals surface area contributed by atoms with Crippen molar-refractivity contribution in [3.8, 4) is 0 Å². The number of hydrogen-bond donors (Lipinski definition) is 1. The van der Waals surface area contributed by atoms with Gasteiger partial charge in [-0.3, -0.25) is 14.3 Å². The van der Waals surface area contributed by atoms with E-state index in [9.17, 15) is 14.7 Å². The van der Waals surface area contributed by atoms with Gasteiger partial charge in [0.25, 0.3) is 0 Å². The summed E-state index contributed by atoms with van der Waals surface area (Å²) >= 11 is 0. The number of carbonyl (C=O) groups excluding carboxylic acids is 1. The van der Waals surface area contributed by atoms with Gasteiger partial charge in [0.15, 0.2) is 0 Å². The lowest BCUT2D eigenvalue weighted by Crippen LogP contribution is -2.54. The van der Waals surface area contributed by atoms with Crippen molar-refractivity contribution in [2.75, 3.05) is 0 Å². The lowest BCUT2D eigenvalue weighted by atomic mass is 9.83. The van der Waals surface area contributed by atoms with Gasteiger partial charge in [0.1, 0.15) is 0 Å². The first-order valence-electron chi connectivity index (χ1n) is 6.76. The normalized spacial score (nSPS) is 24.0. The molecule has 6 heteroatoms. The van der Waals surface area contributed by atoms with Crippen molar-refractivity contribution >= 4 is 11.9 Å². The van der Waals surface area contributed by atoms with E-state index in [0.29, 0.717) is 6.42 Å². The Kier molecular flexibility index (Phi) is 3.58. The number of likely N-dealkylation sites (tertiary alicyclic amines) is 1. The highest BCUT2D eigenvalue weighted by atomic mass is 16.4. The van der Waals surface area contributed by atoms with Crippen molar-refractivity contribution in [2.24, 2.45) is 13.0 Å². The fraction of sp³-hybridized carbons (Fsp3) is 0.643. The molecule has 1 fully saturated rings. The highest BCUT2D eigenvalue weighted by molar-refractivity contribution is 5.82. The molecule has 20 heavy (non-hydrogen) atoms. The van der Waals surface area contributed by atoms with Gasteiger partial charge >= 0.3 is 5.97 Å². The predicted molar refractivity (Wildman–Crippen MR) is 72.9 cm³/mol. The number of aromatic nitrogens is 2. The second-order valence-corrected chi connectivity index (χ2v) is 6.24. The molecule has 1 N–H and O–H groups in total. The van der Waals surface area contributed by atoms with Gasteiger partial charge < -0.3 is 10.0 Å². The summed E-state index contributed by atoms with van der Waals surface area (Å²) in [7, 11) is 1.77. The lowest BCUT2D eigenvalue weighted by Gasteiger charge is -2.46. The SMILES string of the molecule is Cn1nccc1C1C(C(=O)O)CCC(=O)N1C(C)(C)C. The van der Waals surface area contributed by atoms with Crippen LogP contribution in [0.1, 0.15) is 45.3 Å². The van der Waals surface area contributed by atoms with E-state index in [2.05, 4.69) is 5.10 Å². The first-order chi connectivity index (χ1) is 9.23. The Hall–Kier alpha value is -1.85. The highest BCUT2D eigenvalue weighted by Crippen LogP contribution is 2.40. The highest BCUT2D eigenvalue weighted by Gasteiger charge is 2.45.